The first-order chi connectivity index (χ1) is 17.1. The highest BCUT2D eigenvalue weighted by atomic mass is 35.5. The minimum absolute atomic E-state index is 0.0447. The predicted octanol–water partition coefficient (Wildman–Crippen LogP) is 5.15. The predicted molar refractivity (Wildman–Crippen MR) is 102 cm³/mol. The van der Waals surface area contributed by atoms with Gasteiger partial charge >= 0.3 is 0 Å². The Kier molecular flexibility index (Phi) is 3.08. The first-order valence-corrected chi connectivity index (χ1v) is 8.45. The molecule has 0 saturated carbocycles. The molecule has 1 aliphatic heterocycles. The lowest BCUT2D eigenvalue weighted by molar-refractivity contribution is 0.0389. The number of hydrogen-bond donors (Lipinski definition) is 0. The Labute approximate surface area is 178 Å². The van der Waals surface area contributed by atoms with Crippen LogP contribution in [-0.2, 0) is 6.42 Å². The minimum Gasteiger partial charge on any atom is -0.338 e. The summed E-state index contributed by atoms with van der Waals surface area (Å²) < 4.78 is 119. The molecule has 1 saturated heterocycles. The Bertz CT molecular complexity index is 1190. The summed E-state index contributed by atoms with van der Waals surface area (Å²) in [7, 11) is 0. The van der Waals surface area contributed by atoms with Gasteiger partial charge in [0.25, 0.3) is 5.91 Å². The second kappa shape index (κ2) is 8.34. The molecule has 0 N–H and O–H groups in total. The maximum absolute atomic E-state index is 16.5. The van der Waals surface area contributed by atoms with Crippen LogP contribution in [0.15, 0.2) is 36.5 Å². The average molecular weight is 404 g/mol. The number of pyridine rings is 1. The summed E-state index contributed by atoms with van der Waals surface area (Å²) in [5.74, 6) is -2.50. The lowest BCUT2D eigenvalue weighted by Crippen LogP contribution is -2.44. The van der Waals surface area contributed by atoms with Crippen molar-refractivity contribution in [1.82, 2.24) is 9.88 Å². The van der Waals surface area contributed by atoms with Crippen molar-refractivity contribution < 1.29 is 28.7 Å². The fourth-order valence-electron chi connectivity index (χ4n) is 2.42. The molecule has 0 spiro atoms. The van der Waals surface area contributed by atoms with E-state index in [1.807, 2.05) is 0 Å². The SMILES string of the molecule is [2H]C([2H])([2H])c1ccc(CCCC2(F)C([2H])([2H])C([2H])([2H])N(C(=O)c3ccc(F)c(Cl)c3)C([2H])([2H])C2([2H])[2H])nc1. The summed E-state index contributed by atoms with van der Waals surface area (Å²) in [4.78, 5) is 16.8. The van der Waals surface area contributed by atoms with Crippen molar-refractivity contribution >= 4 is 17.5 Å². The second-order valence-corrected chi connectivity index (χ2v) is 6.34. The second-order valence-electron chi connectivity index (χ2n) is 5.94. The van der Waals surface area contributed by atoms with E-state index in [1.54, 1.807) is 0 Å². The Morgan fingerprint density at radius 2 is 2.15 bits per heavy atom. The lowest BCUT2D eigenvalue weighted by atomic mass is 9.87. The van der Waals surface area contributed by atoms with Gasteiger partial charge in [0.05, 0.1) is 5.02 Å². The van der Waals surface area contributed by atoms with Crippen LogP contribution in [0.25, 0.3) is 0 Å². The maximum Gasteiger partial charge on any atom is 0.253 e. The van der Waals surface area contributed by atoms with Crippen LogP contribution in [0, 0.1) is 12.7 Å². The molecule has 1 aromatic carbocycles. The van der Waals surface area contributed by atoms with Crippen LogP contribution in [-0.4, -0.2) is 34.5 Å². The zero-order chi connectivity index (χ0) is 29.1. The van der Waals surface area contributed by atoms with Crippen LogP contribution in [0.1, 0.15) is 62.3 Å². The molecular weight excluding hydrogens is 370 g/mol. The van der Waals surface area contributed by atoms with Crippen LogP contribution < -0.4 is 0 Å². The quantitative estimate of drug-likeness (QED) is 0.691. The normalized spacial score (nSPS) is 30.3. The van der Waals surface area contributed by atoms with E-state index in [0.717, 1.165) is 24.4 Å². The minimum atomic E-state index is -3.77. The summed E-state index contributed by atoms with van der Waals surface area (Å²) in [6.07, 6.45) is -7.85. The molecular formula is C21H23ClF2N2O. The number of alkyl halides is 1. The molecule has 1 aliphatic rings. The van der Waals surface area contributed by atoms with Crippen LogP contribution in [0.3, 0.4) is 0 Å². The summed E-state index contributed by atoms with van der Waals surface area (Å²) in [5, 5.41) is -0.569. The van der Waals surface area contributed by atoms with E-state index >= 15 is 4.39 Å². The van der Waals surface area contributed by atoms with E-state index in [4.69, 9.17) is 26.7 Å². The van der Waals surface area contributed by atoms with Crippen molar-refractivity contribution in [1.29, 1.82) is 0 Å². The molecule has 27 heavy (non-hydrogen) atoms. The molecule has 2 aromatic rings. The number of halogens is 3. The van der Waals surface area contributed by atoms with E-state index < -0.39 is 67.0 Å². The molecule has 2 heterocycles. The van der Waals surface area contributed by atoms with E-state index in [9.17, 15) is 9.18 Å². The third-order valence-electron chi connectivity index (χ3n) is 3.88. The molecule has 3 rings (SSSR count). The third kappa shape index (κ3) is 5.04. The topological polar surface area (TPSA) is 33.2 Å². The van der Waals surface area contributed by atoms with Gasteiger partial charge in [0.15, 0.2) is 0 Å². The summed E-state index contributed by atoms with van der Waals surface area (Å²) in [6, 6.07) is 4.96. The number of aromatic nitrogens is 1. The molecule has 0 unspecified atom stereocenters. The number of likely N-dealkylation sites (tertiary alicyclic amines) is 1. The van der Waals surface area contributed by atoms with E-state index in [-0.39, 0.29) is 29.0 Å². The number of aryl methyl sites for hydroxylation is 2. The number of carbonyl (C=O) groups is 1. The number of piperidine rings is 1. The summed E-state index contributed by atoms with van der Waals surface area (Å²) in [6.45, 7) is -9.83. The number of carbonyl (C=O) groups excluding carboxylic acids is 1. The van der Waals surface area contributed by atoms with Crippen LogP contribution in [0.5, 0.6) is 0 Å². The van der Waals surface area contributed by atoms with E-state index in [2.05, 4.69) is 4.98 Å². The number of benzene rings is 1. The number of rotatable bonds is 5. The highest BCUT2D eigenvalue weighted by molar-refractivity contribution is 6.31. The Balaban J connectivity index is 1.96. The molecule has 0 atom stereocenters. The number of amides is 1. The Hall–Kier alpha value is -2.01. The zero-order valence-electron chi connectivity index (χ0n) is 25.0. The highest BCUT2D eigenvalue weighted by Gasteiger charge is 2.35. The molecule has 0 bridgehead atoms. The number of hydrogen-bond acceptors (Lipinski definition) is 2. The van der Waals surface area contributed by atoms with Gasteiger partial charge < -0.3 is 4.90 Å². The van der Waals surface area contributed by atoms with Gasteiger partial charge in [-0.25, -0.2) is 8.78 Å². The average Bonchev–Trinajstić information content (AvgIpc) is 2.79. The summed E-state index contributed by atoms with van der Waals surface area (Å²) in [5.41, 5.74) is -4.11. The van der Waals surface area contributed by atoms with Crippen molar-refractivity contribution in [3.05, 3.63) is 64.2 Å². The molecule has 3 nitrogen and oxygen atoms in total. The van der Waals surface area contributed by atoms with Gasteiger partial charge in [0.1, 0.15) is 11.5 Å². The number of nitrogens with zero attached hydrogens (tertiary/aromatic N) is 2. The van der Waals surface area contributed by atoms with Crippen molar-refractivity contribution in [2.45, 2.75) is 44.5 Å². The van der Waals surface area contributed by atoms with Gasteiger partial charge in [-0.15, -0.1) is 0 Å². The smallest absolute Gasteiger partial charge is 0.253 e. The molecule has 1 fully saturated rings. The van der Waals surface area contributed by atoms with Gasteiger partial charge in [-0.05, 0) is 68.7 Å². The van der Waals surface area contributed by atoms with Crippen molar-refractivity contribution in [2.24, 2.45) is 0 Å². The Morgan fingerprint density at radius 3 is 2.78 bits per heavy atom. The molecule has 6 heteroatoms. The largest absolute Gasteiger partial charge is 0.338 e. The first-order valence-electron chi connectivity index (χ1n) is 13.6. The van der Waals surface area contributed by atoms with Gasteiger partial charge in [0.2, 0.25) is 0 Å². The van der Waals surface area contributed by atoms with Gasteiger partial charge in [0, 0.05) is 45.5 Å². The molecule has 0 radical (unpaired) electrons. The molecule has 144 valence electrons. The lowest BCUT2D eigenvalue weighted by Gasteiger charge is -2.36. The van der Waals surface area contributed by atoms with E-state index in [1.165, 1.54) is 12.1 Å². The zero-order valence-corrected chi connectivity index (χ0v) is 14.8. The van der Waals surface area contributed by atoms with Crippen molar-refractivity contribution in [3.63, 3.8) is 0 Å². The molecule has 1 aromatic heterocycles. The molecule has 0 aliphatic carbocycles. The van der Waals surface area contributed by atoms with Crippen molar-refractivity contribution in [3.8, 4) is 0 Å². The van der Waals surface area contributed by atoms with Gasteiger partial charge in [-0.2, -0.15) is 0 Å². The fraction of sp³-hybridized carbons (Fsp3) is 0.429. The maximum atomic E-state index is 16.5. The van der Waals surface area contributed by atoms with Crippen LogP contribution in [0.2, 0.25) is 5.02 Å². The Morgan fingerprint density at radius 1 is 1.37 bits per heavy atom. The van der Waals surface area contributed by atoms with E-state index in [0.29, 0.717) is 0 Å². The standard InChI is InChI=1S/C21H23ClF2N2O/c1-15-4-6-17(25-14-15)3-2-8-21(24)9-11-26(12-10-21)20(27)16-5-7-19(23)18(22)13-16/h4-7,13-14H,2-3,8-12H2,1H3/i1D3,9D2,10D2,11D2,12D2. The van der Waals surface area contributed by atoms with Crippen LogP contribution in [0.4, 0.5) is 8.78 Å². The summed E-state index contributed by atoms with van der Waals surface area (Å²) >= 11 is 5.66. The highest BCUT2D eigenvalue weighted by Crippen LogP contribution is 2.32. The first kappa shape index (κ1) is 9.97. The fourth-order valence-corrected chi connectivity index (χ4v) is 2.60. The van der Waals surface area contributed by atoms with Gasteiger partial charge in [-0.1, -0.05) is 17.7 Å². The van der Waals surface area contributed by atoms with Gasteiger partial charge in [-0.3, -0.25) is 9.78 Å². The molecule has 1 amide bonds. The van der Waals surface area contributed by atoms with Crippen molar-refractivity contribution in [2.75, 3.05) is 13.0 Å². The van der Waals surface area contributed by atoms with Crippen LogP contribution >= 0.6 is 11.6 Å². The monoisotopic (exact) mass is 403 g/mol. The third-order valence-corrected chi connectivity index (χ3v) is 4.17.